The number of piperidine rings is 1. The van der Waals surface area contributed by atoms with E-state index in [0.29, 0.717) is 35.9 Å². The maximum absolute atomic E-state index is 13.5. The Hall–Kier alpha value is -4.37. The molecule has 0 saturated carbocycles. The van der Waals surface area contributed by atoms with Gasteiger partial charge in [0, 0.05) is 59.1 Å². The van der Waals surface area contributed by atoms with Crippen molar-refractivity contribution in [2.24, 2.45) is 0 Å². The van der Waals surface area contributed by atoms with Crippen molar-refractivity contribution in [3.8, 4) is 0 Å². The third-order valence-corrected chi connectivity index (χ3v) is 12.6. The van der Waals surface area contributed by atoms with Crippen LogP contribution in [-0.4, -0.2) is 87.1 Å². The van der Waals surface area contributed by atoms with Crippen LogP contribution in [0.5, 0.6) is 0 Å². The molecule has 2 aromatic carbocycles. The number of sulfonamides is 1. The maximum atomic E-state index is 13.5. The van der Waals surface area contributed by atoms with E-state index in [0.717, 1.165) is 67.9 Å². The summed E-state index contributed by atoms with van der Waals surface area (Å²) in [5.74, 6) is 2.91. The van der Waals surface area contributed by atoms with Gasteiger partial charge in [-0.25, -0.2) is 18.4 Å². The van der Waals surface area contributed by atoms with E-state index in [1.165, 1.54) is 5.56 Å². The van der Waals surface area contributed by atoms with Crippen LogP contribution in [0.1, 0.15) is 96.8 Å². The monoisotopic (exact) mass is 784 g/mol. The minimum Gasteiger partial charge on any atom is -0.355 e. The van der Waals surface area contributed by atoms with E-state index < -0.39 is 15.7 Å². The van der Waals surface area contributed by atoms with Gasteiger partial charge in [0.2, 0.25) is 21.9 Å². The van der Waals surface area contributed by atoms with Crippen LogP contribution in [0, 0.1) is 13.8 Å². The molecule has 0 radical (unpaired) electrons. The first-order valence-corrected chi connectivity index (χ1v) is 21.3. The zero-order valence-corrected chi connectivity index (χ0v) is 35.3. The van der Waals surface area contributed by atoms with Crippen molar-refractivity contribution in [2.75, 3.05) is 47.5 Å². The zero-order chi connectivity index (χ0) is 40.3. The van der Waals surface area contributed by atoms with Crippen LogP contribution in [0.25, 0.3) is 0 Å². The second-order valence-corrected chi connectivity index (χ2v) is 18.8. The molecule has 2 unspecified atom stereocenters. The van der Waals surface area contributed by atoms with E-state index >= 15 is 0 Å². The number of benzene rings is 2. The highest BCUT2D eigenvalue weighted by molar-refractivity contribution is 7.89. The number of nitrogens with zero attached hydrogens (tertiary/aromatic N) is 6. The van der Waals surface area contributed by atoms with E-state index in [9.17, 15) is 8.42 Å². The van der Waals surface area contributed by atoms with Crippen LogP contribution < -0.4 is 21.3 Å². The Morgan fingerprint density at radius 3 is 1.91 bits per heavy atom. The predicted molar refractivity (Wildman–Crippen MR) is 226 cm³/mol. The number of hydrogen-bond acceptors (Lipinski definition) is 12. The Bertz CT molecular complexity index is 2070. The lowest BCUT2D eigenvalue weighted by Gasteiger charge is -2.33. The second-order valence-electron chi connectivity index (χ2n) is 16.9. The standard InChI is InChI=1S/C42H60N10O3S/c1-28-26-43-39(49-41(5,6)7)47-37(28)45-34-13-10-12-33(24-34)32-18-20-51(21-19-32)22-23-55-42(8,9)50-40-44-27-29(2)38(48-40)46-35-14-11-15-36(25-35)56(53,54)52-30(3)16-17-31(52)4/h10-15,24-27,30-32H,16-23H2,1-9H3,(H2,43,45,47,49)(H2,44,46,48,50). The molecule has 14 heteroatoms. The lowest BCUT2D eigenvalue weighted by Crippen LogP contribution is -2.40. The molecular formula is C42H60N10O3S. The molecule has 302 valence electrons. The van der Waals surface area contributed by atoms with Crippen LogP contribution >= 0.6 is 0 Å². The predicted octanol–water partition coefficient (Wildman–Crippen LogP) is 8.19. The van der Waals surface area contributed by atoms with Crippen LogP contribution in [0.3, 0.4) is 0 Å². The Morgan fingerprint density at radius 1 is 0.768 bits per heavy atom. The van der Waals surface area contributed by atoms with Gasteiger partial charge < -0.3 is 30.9 Å². The molecule has 2 aromatic heterocycles. The molecule has 4 heterocycles. The van der Waals surface area contributed by atoms with Gasteiger partial charge in [-0.1, -0.05) is 18.2 Å². The summed E-state index contributed by atoms with van der Waals surface area (Å²) in [5.41, 5.74) is 3.98. The molecule has 0 bridgehead atoms. The molecule has 6 rings (SSSR count). The lowest BCUT2D eigenvalue weighted by atomic mass is 9.89. The summed E-state index contributed by atoms with van der Waals surface area (Å²) in [6.45, 7) is 21.5. The van der Waals surface area contributed by atoms with Gasteiger partial charge >= 0.3 is 0 Å². The fourth-order valence-electron chi connectivity index (χ4n) is 7.46. The average Bonchev–Trinajstić information content (AvgIpc) is 3.48. The number of likely N-dealkylation sites (tertiary alicyclic amines) is 1. The van der Waals surface area contributed by atoms with Crippen molar-refractivity contribution >= 4 is 44.9 Å². The van der Waals surface area contributed by atoms with Gasteiger partial charge in [0.1, 0.15) is 17.4 Å². The van der Waals surface area contributed by atoms with Gasteiger partial charge in [-0.3, -0.25) is 0 Å². The summed E-state index contributed by atoms with van der Waals surface area (Å²) in [4.78, 5) is 21.2. The average molecular weight is 785 g/mol. The molecule has 0 amide bonds. The van der Waals surface area contributed by atoms with Gasteiger partial charge in [0.05, 0.1) is 11.5 Å². The summed E-state index contributed by atoms with van der Waals surface area (Å²) in [5, 5.41) is 13.5. The van der Waals surface area contributed by atoms with Crippen molar-refractivity contribution < 1.29 is 13.2 Å². The van der Waals surface area contributed by atoms with Crippen molar-refractivity contribution in [3.05, 3.63) is 77.6 Å². The van der Waals surface area contributed by atoms with Gasteiger partial charge in [-0.15, -0.1) is 0 Å². The largest absolute Gasteiger partial charge is 0.355 e. The highest BCUT2D eigenvalue weighted by atomic mass is 32.2. The number of anilines is 6. The molecule has 13 nitrogen and oxygen atoms in total. The van der Waals surface area contributed by atoms with Crippen molar-refractivity contribution in [2.45, 2.75) is 122 Å². The topological polar surface area (TPSA) is 150 Å². The highest BCUT2D eigenvalue weighted by Crippen LogP contribution is 2.33. The Balaban J connectivity index is 0.986. The molecular weight excluding hydrogens is 725 g/mol. The van der Waals surface area contributed by atoms with Crippen molar-refractivity contribution in [1.82, 2.24) is 29.1 Å². The Labute approximate surface area is 333 Å². The summed E-state index contributed by atoms with van der Waals surface area (Å²) in [6, 6.07) is 15.6. The lowest BCUT2D eigenvalue weighted by molar-refractivity contribution is -0.00923. The Morgan fingerprint density at radius 2 is 1.32 bits per heavy atom. The van der Waals surface area contributed by atoms with Crippen LogP contribution in [0.2, 0.25) is 0 Å². The first-order valence-electron chi connectivity index (χ1n) is 19.8. The summed E-state index contributed by atoms with van der Waals surface area (Å²) in [7, 11) is -3.62. The summed E-state index contributed by atoms with van der Waals surface area (Å²) < 4.78 is 35.0. The van der Waals surface area contributed by atoms with Crippen molar-refractivity contribution in [3.63, 3.8) is 0 Å². The SMILES string of the molecule is Cc1cnc(NC(C)(C)C)nc1Nc1cccc(C2CCN(CCOC(C)(C)Nc3ncc(C)c(Nc4cccc(S(=O)(=O)N5C(C)CCC5C)c4)n3)CC2)c1. The number of nitrogens with one attached hydrogen (secondary N) is 4. The second kappa shape index (κ2) is 17.0. The van der Waals surface area contributed by atoms with E-state index in [-0.39, 0.29) is 22.5 Å². The minimum atomic E-state index is -3.62. The molecule has 2 fully saturated rings. The number of aromatic nitrogens is 4. The van der Waals surface area contributed by atoms with Gasteiger partial charge in [0.15, 0.2) is 0 Å². The maximum Gasteiger partial charge on any atom is 0.243 e. The minimum absolute atomic E-state index is 0.0215. The first kappa shape index (κ1) is 41.3. The molecule has 2 aliphatic rings. The van der Waals surface area contributed by atoms with E-state index in [4.69, 9.17) is 14.7 Å². The molecule has 4 aromatic rings. The van der Waals surface area contributed by atoms with E-state index in [2.05, 4.69) is 81.2 Å². The van der Waals surface area contributed by atoms with Crippen molar-refractivity contribution in [1.29, 1.82) is 0 Å². The van der Waals surface area contributed by atoms with Crippen LogP contribution in [0.4, 0.5) is 34.9 Å². The quantitative estimate of drug-likeness (QED) is 0.0914. The fraction of sp³-hybridized carbons (Fsp3) is 0.524. The van der Waals surface area contributed by atoms with E-state index in [1.807, 2.05) is 53.8 Å². The molecule has 4 N–H and O–H groups in total. The number of rotatable bonds is 14. The highest BCUT2D eigenvalue weighted by Gasteiger charge is 2.38. The van der Waals surface area contributed by atoms with Gasteiger partial charge in [-0.2, -0.15) is 14.3 Å². The van der Waals surface area contributed by atoms with Gasteiger partial charge in [-0.05, 0) is 143 Å². The fourth-order valence-corrected chi connectivity index (χ4v) is 9.39. The van der Waals surface area contributed by atoms with Crippen LogP contribution in [-0.2, 0) is 14.8 Å². The normalized spacial score (nSPS) is 18.9. The number of hydrogen-bond donors (Lipinski definition) is 4. The number of ether oxygens (including phenoxy) is 1. The summed E-state index contributed by atoms with van der Waals surface area (Å²) in [6.07, 6.45) is 7.49. The molecule has 2 atom stereocenters. The molecule has 56 heavy (non-hydrogen) atoms. The number of aryl methyl sites for hydroxylation is 2. The van der Waals surface area contributed by atoms with Crippen LogP contribution in [0.15, 0.2) is 65.8 Å². The molecule has 0 aliphatic carbocycles. The molecule has 2 saturated heterocycles. The third kappa shape index (κ3) is 10.5. The van der Waals surface area contributed by atoms with Gasteiger partial charge in [0.25, 0.3) is 0 Å². The molecule has 0 spiro atoms. The zero-order valence-electron chi connectivity index (χ0n) is 34.5. The van der Waals surface area contributed by atoms with E-state index in [1.54, 1.807) is 28.7 Å². The first-order chi connectivity index (χ1) is 26.5. The smallest absolute Gasteiger partial charge is 0.243 e. The molecule has 2 aliphatic heterocycles. The Kier molecular flexibility index (Phi) is 12.5. The summed E-state index contributed by atoms with van der Waals surface area (Å²) >= 11 is 0. The third-order valence-electron chi connectivity index (χ3n) is 10.5.